The van der Waals surface area contributed by atoms with E-state index in [4.69, 9.17) is 25.8 Å². The summed E-state index contributed by atoms with van der Waals surface area (Å²) in [5, 5.41) is 8.94. The molecule has 2 atom stereocenters. The van der Waals surface area contributed by atoms with Crippen molar-refractivity contribution in [2.45, 2.75) is 25.5 Å². The van der Waals surface area contributed by atoms with Crippen LogP contribution in [0.1, 0.15) is 12.6 Å². The third-order valence-corrected chi connectivity index (χ3v) is 6.88. The molecule has 33 heavy (non-hydrogen) atoms. The van der Waals surface area contributed by atoms with Gasteiger partial charge < -0.3 is 14.2 Å². The number of urea groups is 1. The van der Waals surface area contributed by atoms with Crippen LogP contribution in [-0.4, -0.2) is 58.3 Å². The van der Waals surface area contributed by atoms with E-state index in [9.17, 15) is 14.4 Å². The molecule has 0 aromatic carbocycles. The second-order valence-electron chi connectivity index (χ2n) is 8.27. The fraction of sp³-hybridized carbons (Fsp3) is 0.333. The highest BCUT2D eigenvalue weighted by molar-refractivity contribution is 6.38. The van der Waals surface area contributed by atoms with Gasteiger partial charge in [0.2, 0.25) is 17.4 Å². The van der Waals surface area contributed by atoms with Crippen LogP contribution in [0.15, 0.2) is 29.0 Å². The van der Waals surface area contributed by atoms with Gasteiger partial charge >= 0.3 is 6.03 Å². The van der Waals surface area contributed by atoms with Gasteiger partial charge in [-0.15, -0.1) is 0 Å². The lowest BCUT2D eigenvalue weighted by molar-refractivity contribution is -0.151. The molecule has 0 unspecified atom stereocenters. The molecule has 4 amide bonds. The molecule has 2 fully saturated rings. The zero-order valence-electron chi connectivity index (χ0n) is 17.3. The minimum atomic E-state index is -1.63. The predicted molar refractivity (Wildman–Crippen MR) is 114 cm³/mol. The summed E-state index contributed by atoms with van der Waals surface area (Å²) in [5.74, 6) is -1.38. The first kappa shape index (κ1) is 20.1. The lowest BCUT2D eigenvalue weighted by atomic mass is 9.68. The fourth-order valence-electron chi connectivity index (χ4n) is 5.16. The normalized spacial score (nSPS) is 23.8. The number of imide groups is 2. The molecular formula is C21H17ClN6O5. The Labute approximate surface area is 191 Å². The molecule has 3 aliphatic heterocycles. The Kier molecular flexibility index (Phi) is 4.23. The number of nitrogens with one attached hydrogen (secondary N) is 2. The average Bonchev–Trinajstić information content (AvgIpc) is 3.22. The first-order valence-corrected chi connectivity index (χ1v) is 10.7. The monoisotopic (exact) mass is 468 g/mol. The summed E-state index contributed by atoms with van der Waals surface area (Å²) in [4.78, 5) is 49.0. The van der Waals surface area contributed by atoms with Crippen LogP contribution in [0.5, 0.6) is 0 Å². The lowest BCUT2D eigenvalue weighted by Gasteiger charge is -2.53. The maximum absolute atomic E-state index is 13.2. The summed E-state index contributed by atoms with van der Waals surface area (Å²) in [6.07, 6.45) is 2.69. The van der Waals surface area contributed by atoms with Gasteiger partial charge in [-0.3, -0.25) is 25.2 Å². The quantitative estimate of drug-likeness (QED) is 0.507. The number of ether oxygens (including phenoxy) is 1. The number of halogens is 1. The van der Waals surface area contributed by atoms with E-state index in [0.717, 1.165) is 0 Å². The van der Waals surface area contributed by atoms with Gasteiger partial charge in [0.05, 0.1) is 30.1 Å². The Bertz CT molecular complexity index is 1320. The van der Waals surface area contributed by atoms with Crippen LogP contribution < -0.4 is 15.5 Å². The number of carbonyl (C=O) groups is 3. The molecule has 3 aromatic heterocycles. The molecule has 6 heterocycles. The van der Waals surface area contributed by atoms with Gasteiger partial charge in [0.15, 0.2) is 5.41 Å². The minimum absolute atomic E-state index is 0.0739. The molecule has 0 bridgehead atoms. The Morgan fingerprint density at radius 2 is 2.03 bits per heavy atom. The average molecular weight is 469 g/mol. The third kappa shape index (κ3) is 2.66. The first-order valence-electron chi connectivity index (χ1n) is 10.3. The number of barbiturate groups is 1. The number of pyridine rings is 2. The number of hydrogen-bond acceptors (Lipinski definition) is 9. The van der Waals surface area contributed by atoms with Gasteiger partial charge in [-0.2, -0.15) is 0 Å². The molecule has 12 heteroatoms. The summed E-state index contributed by atoms with van der Waals surface area (Å²) in [6.45, 7) is 2.52. The van der Waals surface area contributed by atoms with Crippen molar-refractivity contribution in [2.75, 3.05) is 18.1 Å². The lowest BCUT2D eigenvalue weighted by Crippen LogP contribution is -2.74. The zero-order valence-corrected chi connectivity index (χ0v) is 18.0. The summed E-state index contributed by atoms with van der Waals surface area (Å²) in [6, 6.07) is 2.02. The summed E-state index contributed by atoms with van der Waals surface area (Å²) < 4.78 is 11.4. The fourth-order valence-corrected chi connectivity index (χ4v) is 5.50. The van der Waals surface area contributed by atoms with E-state index in [0.29, 0.717) is 51.9 Å². The van der Waals surface area contributed by atoms with Gasteiger partial charge in [0.25, 0.3) is 0 Å². The third-order valence-electron chi connectivity index (χ3n) is 6.53. The topological polar surface area (TPSA) is 140 Å². The highest BCUT2D eigenvalue weighted by Crippen LogP contribution is 2.50. The highest BCUT2D eigenvalue weighted by Gasteiger charge is 2.63. The SMILES string of the molecule is C[C@@H]1OCCN2c3c(nc4c(-c5cccnc5)noc4c3Cl)CC3(C(=O)NC(=O)NC3=O)[C@@H]12. The van der Waals surface area contributed by atoms with Crippen LogP contribution in [-0.2, 0) is 20.7 Å². The molecule has 0 saturated carbocycles. The minimum Gasteiger partial charge on any atom is -0.374 e. The number of morpholine rings is 1. The molecule has 2 N–H and O–H groups in total. The van der Waals surface area contributed by atoms with Crippen LogP contribution >= 0.6 is 11.6 Å². The first-order chi connectivity index (χ1) is 15.9. The number of nitrogens with zero attached hydrogens (tertiary/aromatic N) is 4. The van der Waals surface area contributed by atoms with E-state index in [1.807, 2.05) is 11.0 Å². The van der Waals surface area contributed by atoms with E-state index in [1.54, 1.807) is 25.4 Å². The van der Waals surface area contributed by atoms with Crippen molar-refractivity contribution in [2.24, 2.45) is 5.41 Å². The van der Waals surface area contributed by atoms with E-state index >= 15 is 0 Å². The van der Waals surface area contributed by atoms with E-state index in [2.05, 4.69) is 20.8 Å². The number of fused-ring (bicyclic) bond motifs is 5. The van der Waals surface area contributed by atoms with Gasteiger partial charge in [-0.05, 0) is 19.1 Å². The van der Waals surface area contributed by atoms with Crippen LogP contribution in [0.3, 0.4) is 0 Å². The zero-order chi connectivity index (χ0) is 22.9. The van der Waals surface area contributed by atoms with Gasteiger partial charge in [0.1, 0.15) is 16.2 Å². The second-order valence-corrected chi connectivity index (χ2v) is 8.65. The molecule has 2 saturated heterocycles. The maximum Gasteiger partial charge on any atom is 0.328 e. The van der Waals surface area contributed by atoms with Gasteiger partial charge in [-0.25, -0.2) is 9.78 Å². The van der Waals surface area contributed by atoms with Crippen molar-refractivity contribution >= 4 is 46.2 Å². The second kappa shape index (κ2) is 6.96. The van der Waals surface area contributed by atoms with Crippen molar-refractivity contribution in [3.05, 3.63) is 35.2 Å². The van der Waals surface area contributed by atoms with E-state index in [1.165, 1.54) is 0 Å². The summed E-state index contributed by atoms with van der Waals surface area (Å²) >= 11 is 6.82. The Balaban J connectivity index is 1.60. The molecule has 1 spiro atoms. The smallest absolute Gasteiger partial charge is 0.328 e. The van der Waals surface area contributed by atoms with Crippen LogP contribution in [0.4, 0.5) is 10.5 Å². The summed E-state index contributed by atoms with van der Waals surface area (Å²) in [7, 11) is 0. The number of amides is 4. The molecule has 11 nitrogen and oxygen atoms in total. The van der Waals surface area contributed by atoms with E-state index in [-0.39, 0.29) is 6.42 Å². The molecule has 6 rings (SSSR count). The molecule has 0 aliphatic carbocycles. The van der Waals surface area contributed by atoms with Crippen LogP contribution in [0, 0.1) is 5.41 Å². The number of hydrogen-bond donors (Lipinski definition) is 2. The van der Waals surface area contributed by atoms with Crippen LogP contribution in [0.25, 0.3) is 22.4 Å². The van der Waals surface area contributed by atoms with Crippen LogP contribution in [0.2, 0.25) is 5.02 Å². The number of anilines is 1. The highest BCUT2D eigenvalue weighted by atomic mass is 35.5. The van der Waals surface area contributed by atoms with Gasteiger partial charge in [-0.1, -0.05) is 16.8 Å². The molecule has 3 aliphatic rings. The Morgan fingerprint density at radius 1 is 1.24 bits per heavy atom. The molecule has 3 aromatic rings. The van der Waals surface area contributed by atoms with Crippen molar-refractivity contribution < 1.29 is 23.6 Å². The number of aromatic nitrogens is 3. The predicted octanol–water partition coefficient (Wildman–Crippen LogP) is 1.44. The standard InChI is InChI=1S/C21H17ClN6O5/c1-9-17-21(18(29)25-20(31)26-19(21)30)7-11-15(28(17)5-6-32-9)12(22)16-14(24-11)13(27-33-16)10-3-2-4-23-8-10/h2-4,8-9,17H,5-7H2,1H3,(H2,25,26,29,30,31)/t9-,17+/m0/s1. The van der Waals surface area contributed by atoms with E-state index < -0.39 is 35.4 Å². The molecule has 168 valence electrons. The van der Waals surface area contributed by atoms with Crippen molar-refractivity contribution in [3.8, 4) is 11.3 Å². The number of carbonyl (C=O) groups excluding carboxylic acids is 3. The Hall–Kier alpha value is -3.57. The van der Waals surface area contributed by atoms with Gasteiger partial charge in [0, 0.05) is 30.9 Å². The van der Waals surface area contributed by atoms with Crippen molar-refractivity contribution in [1.82, 2.24) is 25.8 Å². The largest absolute Gasteiger partial charge is 0.374 e. The van der Waals surface area contributed by atoms with Crippen molar-refractivity contribution in [1.29, 1.82) is 0 Å². The summed E-state index contributed by atoms with van der Waals surface area (Å²) in [5.41, 5.74) is 1.21. The molecule has 0 radical (unpaired) electrons. The van der Waals surface area contributed by atoms with Crippen molar-refractivity contribution in [3.63, 3.8) is 0 Å². The number of rotatable bonds is 1. The Morgan fingerprint density at radius 3 is 2.76 bits per heavy atom. The molecular weight excluding hydrogens is 452 g/mol. The maximum atomic E-state index is 13.2.